The molecule has 6 heteroatoms. The van der Waals surface area contributed by atoms with E-state index in [4.69, 9.17) is 0 Å². The second kappa shape index (κ2) is 6.52. The van der Waals surface area contributed by atoms with Crippen molar-refractivity contribution in [3.8, 4) is 0 Å². The molecule has 0 radical (unpaired) electrons. The van der Waals surface area contributed by atoms with E-state index in [2.05, 4.69) is 10.0 Å². The molecule has 0 aromatic heterocycles. The van der Waals surface area contributed by atoms with Crippen LogP contribution in [0.3, 0.4) is 0 Å². The van der Waals surface area contributed by atoms with Gasteiger partial charge in [0, 0.05) is 25.7 Å². The van der Waals surface area contributed by atoms with Crippen molar-refractivity contribution in [1.29, 1.82) is 0 Å². The molecule has 2 saturated carbocycles. The fraction of sp³-hybridized carbons (Fsp3) is 1.00. The van der Waals surface area contributed by atoms with E-state index in [1.165, 1.54) is 30.0 Å². The van der Waals surface area contributed by atoms with E-state index in [0.717, 1.165) is 25.3 Å². The highest BCUT2D eigenvalue weighted by atomic mass is 32.2. The molecule has 2 aliphatic rings. The summed E-state index contributed by atoms with van der Waals surface area (Å²) in [5, 5.41) is 3.40. The van der Waals surface area contributed by atoms with Crippen LogP contribution in [0.25, 0.3) is 0 Å². The molecule has 2 fully saturated rings. The van der Waals surface area contributed by atoms with Crippen molar-refractivity contribution in [3.63, 3.8) is 0 Å². The molecule has 2 N–H and O–H groups in total. The van der Waals surface area contributed by atoms with Gasteiger partial charge in [-0.05, 0) is 45.1 Å². The lowest BCUT2D eigenvalue weighted by molar-refractivity contribution is 0.431. The van der Waals surface area contributed by atoms with Gasteiger partial charge >= 0.3 is 0 Å². The molecule has 19 heavy (non-hydrogen) atoms. The van der Waals surface area contributed by atoms with Crippen LogP contribution in [-0.4, -0.2) is 44.9 Å². The third-order valence-electron chi connectivity index (χ3n) is 3.80. The number of nitrogens with one attached hydrogen (secondary N) is 2. The minimum atomic E-state index is -3.31. The maximum atomic E-state index is 12.1. The van der Waals surface area contributed by atoms with Crippen molar-refractivity contribution in [2.75, 3.05) is 20.1 Å². The smallest absolute Gasteiger partial charge is 0.279 e. The van der Waals surface area contributed by atoms with Gasteiger partial charge in [0.05, 0.1) is 0 Å². The first-order valence-corrected chi connectivity index (χ1v) is 8.88. The highest BCUT2D eigenvalue weighted by Gasteiger charge is 2.27. The Kier molecular flexibility index (Phi) is 5.22. The lowest BCUT2D eigenvalue weighted by Gasteiger charge is -2.21. The summed E-state index contributed by atoms with van der Waals surface area (Å²) in [6.45, 7) is 3.44. The Bertz CT molecular complexity index is 377. The second-order valence-electron chi connectivity index (χ2n) is 6.11. The maximum Gasteiger partial charge on any atom is 0.279 e. The van der Waals surface area contributed by atoms with Gasteiger partial charge in [-0.1, -0.05) is 12.8 Å². The van der Waals surface area contributed by atoms with Crippen LogP contribution in [0, 0.1) is 5.92 Å². The van der Waals surface area contributed by atoms with E-state index in [9.17, 15) is 8.42 Å². The van der Waals surface area contributed by atoms with Gasteiger partial charge in [0.1, 0.15) is 0 Å². The Morgan fingerprint density at radius 1 is 1.26 bits per heavy atom. The van der Waals surface area contributed by atoms with Gasteiger partial charge in [0.15, 0.2) is 0 Å². The summed E-state index contributed by atoms with van der Waals surface area (Å²) in [6, 6.07) is 0.739. The quantitative estimate of drug-likeness (QED) is 0.592. The Balaban J connectivity index is 1.63. The van der Waals surface area contributed by atoms with Gasteiger partial charge in [-0.25, -0.2) is 0 Å². The molecule has 0 aromatic rings. The minimum Gasteiger partial charge on any atom is -0.314 e. The van der Waals surface area contributed by atoms with Gasteiger partial charge in [-0.2, -0.15) is 17.4 Å². The predicted octanol–water partition coefficient (Wildman–Crippen LogP) is 1.08. The zero-order chi connectivity index (χ0) is 13.9. The first kappa shape index (κ1) is 15.2. The van der Waals surface area contributed by atoms with Gasteiger partial charge in [-0.15, -0.1) is 0 Å². The van der Waals surface area contributed by atoms with Crippen LogP contribution in [0.15, 0.2) is 0 Å². The SMILES string of the molecule is CC(CC1CC1)NS(=O)(=O)N(C)CCCNC1CC1. The van der Waals surface area contributed by atoms with Crippen molar-refractivity contribution >= 4 is 10.2 Å². The number of hydrogen-bond donors (Lipinski definition) is 2. The van der Waals surface area contributed by atoms with Crippen molar-refractivity contribution in [1.82, 2.24) is 14.3 Å². The third-order valence-corrected chi connectivity index (χ3v) is 5.51. The molecule has 2 rings (SSSR count). The van der Waals surface area contributed by atoms with E-state index < -0.39 is 10.2 Å². The van der Waals surface area contributed by atoms with E-state index in [0.29, 0.717) is 12.6 Å². The molecule has 1 unspecified atom stereocenters. The monoisotopic (exact) mass is 289 g/mol. The molecule has 1 atom stereocenters. The molecule has 0 amide bonds. The summed E-state index contributed by atoms with van der Waals surface area (Å²) in [5.41, 5.74) is 0. The van der Waals surface area contributed by atoms with Crippen LogP contribution in [0.4, 0.5) is 0 Å². The topological polar surface area (TPSA) is 61.4 Å². The van der Waals surface area contributed by atoms with E-state index in [1.807, 2.05) is 6.92 Å². The Labute approximate surface area is 117 Å². The lowest BCUT2D eigenvalue weighted by atomic mass is 10.2. The summed E-state index contributed by atoms with van der Waals surface area (Å²) in [4.78, 5) is 0. The van der Waals surface area contributed by atoms with Crippen LogP contribution >= 0.6 is 0 Å². The first-order chi connectivity index (χ1) is 8.97. The molecule has 0 aliphatic heterocycles. The summed E-state index contributed by atoms with van der Waals surface area (Å²) < 4.78 is 28.4. The van der Waals surface area contributed by atoms with Crippen LogP contribution in [0.5, 0.6) is 0 Å². The summed E-state index contributed by atoms with van der Waals surface area (Å²) in [5.74, 6) is 0.741. The normalized spacial score (nSPS) is 21.8. The third kappa shape index (κ3) is 5.77. The molecule has 0 bridgehead atoms. The largest absolute Gasteiger partial charge is 0.314 e. The van der Waals surface area contributed by atoms with Crippen molar-refractivity contribution in [3.05, 3.63) is 0 Å². The molecule has 0 saturated heterocycles. The van der Waals surface area contributed by atoms with Crippen LogP contribution in [-0.2, 0) is 10.2 Å². The first-order valence-electron chi connectivity index (χ1n) is 7.44. The highest BCUT2D eigenvalue weighted by molar-refractivity contribution is 7.87. The molecular formula is C13H27N3O2S. The number of nitrogens with zero attached hydrogens (tertiary/aromatic N) is 1. The number of hydrogen-bond acceptors (Lipinski definition) is 3. The van der Waals surface area contributed by atoms with Crippen molar-refractivity contribution in [2.24, 2.45) is 5.92 Å². The van der Waals surface area contributed by atoms with E-state index in [-0.39, 0.29) is 6.04 Å². The fourth-order valence-corrected chi connectivity index (χ4v) is 3.42. The summed E-state index contributed by atoms with van der Waals surface area (Å²) in [7, 11) is -1.65. The van der Waals surface area contributed by atoms with E-state index >= 15 is 0 Å². The predicted molar refractivity (Wildman–Crippen MR) is 77.1 cm³/mol. The van der Waals surface area contributed by atoms with Gasteiger partial charge in [-0.3, -0.25) is 0 Å². The molecule has 0 heterocycles. The average Bonchev–Trinajstić information content (AvgIpc) is 3.17. The van der Waals surface area contributed by atoms with Crippen molar-refractivity contribution in [2.45, 2.75) is 57.5 Å². The molecule has 0 spiro atoms. The van der Waals surface area contributed by atoms with Crippen molar-refractivity contribution < 1.29 is 8.42 Å². The molecule has 2 aliphatic carbocycles. The fourth-order valence-electron chi connectivity index (χ4n) is 2.26. The zero-order valence-electron chi connectivity index (χ0n) is 12.1. The van der Waals surface area contributed by atoms with Gasteiger partial charge in [0.25, 0.3) is 10.2 Å². The molecule has 112 valence electrons. The average molecular weight is 289 g/mol. The summed E-state index contributed by atoms with van der Waals surface area (Å²) in [6.07, 6.45) is 6.90. The molecule has 5 nitrogen and oxygen atoms in total. The van der Waals surface area contributed by atoms with E-state index in [1.54, 1.807) is 7.05 Å². The second-order valence-corrected chi connectivity index (χ2v) is 7.92. The zero-order valence-corrected chi connectivity index (χ0v) is 12.9. The maximum absolute atomic E-state index is 12.1. The number of rotatable bonds is 10. The Hall–Kier alpha value is -0.170. The minimum absolute atomic E-state index is 0.0459. The molecular weight excluding hydrogens is 262 g/mol. The lowest BCUT2D eigenvalue weighted by Crippen LogP contribution is -2.43. The van der Waals surface area contributed by atoms with Crippen LogP contribution in [0.2, 0.25) is 0 Å². The van der Waals surface area contributed by atoms with Crippen LogP contribution < -0.4 is 10.0 Å². The molecule has 0 aromatic carbocycles. The van der Waals surface area contributed by atoms with Gasteiger partial charge in [0.2, 0.25) is 0 Å². The Morgan fingerprint density at radius 2 is 1.95 bits per heavy atom. The van der Waals surface area contributed by atoms with Gasteiger partial charge < -0.3 is 5.32 Å². The standard InChI is InChI=1S/C13H27N3O2S/c1-11(10-12-4-5-12)15-19(17,18)16(2)9-3-8-14-13-6-7-13/h11-15H,3-10H2,1-2H3. The van der Waals surface area contributed by atoms with Crippen LogP contribution in [0.1, 0.15) is 45.4 Å². The Morgan fingerprint density at radius 3 is 2.53 bits per heavy atom. The summed E-state index contributed by atoms with van der Waals surface area (Å²) >= 11 is 0. The highest BCUT2D eigenvalue weighted by Crippen LogP contribution is 2.33.